The van der Waals surface area contributed by atoms with Gasteiger partial charge in [-0.1, -0.05) is 6.92 Å². The van der Waals surface area contributed by atoms with E-state index in [0.717, 1.165) is 12.8 Å². The van der Waals surface area contributed by atoms with Gasteiger partial charge in [-0.25, -0.2) is 0 Å². The van der Waals surface area contributed by atoms with Gasteiger partial charge in [-0.05, 0) is 31.6 Å². The normalized spacial score (nSPS) is 27.2. The molecule has 0 aromatic heterocycles. The minimum atomic E-state index is -0.624. The quantitative estimate of drug-likeness (QED) is 0.417. The highest BCUT2D eigenvalue weighted by Crippen LogP contribution is 2.31. The molecule has 0 spiro atoms. The first kappa shape index (κ1) is 18.4. The van der Waals surface area contributed by atoms with Crippen LogP contribution in [0.2, 0.25) is 0 Å². The summed E-state index contributed by atoms with van der Waals surface area (Å²) in [7, 11) is 0. The average Bonchev–Trinajstić information content (AvgIpc) is 2.81. The number of ether oxygens (including phenoxy) is 2. The van der Waals surface area contributed by atoms with Gasteiger partial charge in [-0.15, -0.1) is 0 Å². The molecule has 1 atom stereocenters. The van der Waals surface area contributed by atoms with Crippen LogP contribution in [0.4, 0.5) is 0 Å². The Hall–Kier alpha value is -1.96. The number of carbonyl (C=O) groups excluding carboxylic acids is 4. The molecular formula is C16H24N2O6. The van der Waals surface area contributed by atoms with Crippen LogP contribution in [0.1, 0.15) is 39.0 Å². The van der Waals surface area contributed by atoms with Crippen LogP contribution in [-0.2, 0) is 28.7 Å². The number of nitrogens with two attached hydrogens (primary N) is 1. The molecule has 1 aliphatic heterocycles. The van der Waals surface area contributed by atoms with Crippen molar-refractivity contribution in [2.24, 2.45) is 23.5 Å². The van der Waals surface area contributed by atoms with Crippen molar-refractivity contribution in [2.45, 2.75) is 39.0 Å². The molecule has 1 saturated carbocycles. The van der Waals surface area contributed by atoms with E-state index in [9.17, 15) is 19.2 Å². The van der Waals surface area contributed by atoms with Crippen LogP contribution in [0.15, 0.2) is 0 Å². The lowest BCUT2D eigenvalue weighted by molar-refractivity contribution is -0.170. The summed E-state index contributed by atoms with van der Waals surface area (Å²) in [6.45, 7) is 1.54. The summed E-state index contributed by atoms with van der Waals surface area (Å²) in [5.41, 5.74) is 5.08. The Balaban J connectivity index is 1.71. The highest BCUT2D eigenvalue weighted by atomic mass is 16.7. The molecule has 0 radical (unpaired) electrons. The lowest BCUT2D eigenvalue weighted by Crippen LogP contribution is -2.37. The van der Waals surface area contributed by atoms with Gasteiger partial charge in [0.05, 0.1) is 12.5 Å². The zero-order valence-corrected chi connectivity index (χ0v) is 13.9. The molecule has 0 aromatic rings. The molecule has 1 saturated heterocycles. The number of carbonyl (C=O) groups is 4. The number of rotatable bonds is 6. The first-order valence-corrected chi connectivity index (χ1v) is 8.29. The van der Waals surface area contributed by atoms with Crippen molar-refractivity contribution in [1.29, 1.82) is 0 Å². The zero-order chi connectivity index (χ0) is 17.7. The predicted molar refractivity (Wildman–Crippen MR) is 82.1 cm³/mol. The molecule has 2 rings (SSSR count). The summed E-state index contributed by atoms with van der Waals surface area (Å²) >= 11 is 0. The van der Waals surface area contributed by atoms with E-state index in [1.807, 2.05) is 0 Å². The first-order chi connectivity index (χ1) is 11.4. The average molecular weight is 340 g/mol. The minimum absolute atomic E-state index is 0.0942. The molecule has 2 N–H and O–H groups in total. The molecule has 1 heterocycles. The maximum Gasteiger partial charge on any atom is 0.322 e. The smallest absolute Gasteiger partial charge is 0.322 e. The van der Waals surface area contributed by atoms with Gasteiger partial charge in [-0.3, -0.25) is 24.1 Å². The third-order valence-corrected chi connectivity index (χ3v) is 4.68. The van der Waals surface area contributed by atoms with E-state index in [1.165, 1.54) is 4.90 Å². The summed E-state index contributed by atoms with van der Waals surface area (Å²) in [5.74, 6) is -1.44. The van der Waals surface area contributed by atoms with Gasteiger partial charge in [0.1, 0.15) is 0 Å². The summed E-state index contributed by atoms with van der Waals surface area (Å²) in [6.07, 6.45) is 3.09. The van der Waals surface area contributed by atoms with Crippen LogP contribution >= 0.6 is 0 Å². The number of hydrogen-bond donors (Lipinski definition) is 1. The van der Waals surface area contributed by atoms with Crippen LogP contribution in [0, 0.1) is 17.8 Å². The Morgan fingerprint density at radius 2 is 1.83 bits per heavy atom. The van der Waals surface area contributed by atoms with Crippen molar-refractivity contribution in [2.75, 3.05) is 19.9 Å². The summed E-state index contributed by atoms with van der Waals surface area (Å²) in [5, 5.41) is 0. The lowest BCUT2D eigenvalue weighted by atomic mass is 9.82. The number of esters is 2. The predicted octanol–water partition coefficient (Wildman–Crippen LogP) is 0.190. The third-order valence-electron chi connectivity index (χ3n) is 4.68. The molecule has 2 aliphatic rings. The van der Waals surface area contributed by atoms with E-state index < -0.39 is 12.8 Å². The van der Waals surface area contributed by atoms with Crippen molar-refractivity contribution in [1.82, 2.24) is 4.90 Å². The largest absolute Gasteiger partial charge is 0.428 e. The molecular weight excluding hydrogens is 316 g/mol. The van der Waals surface area contributed by atoms with Gasteiger partial charge in [0.15, 0.2) is 0 Å². The number of imide groups is 1. The molecule has 1 aliphatic carbocycles. The molecule has 24 heavy (non-hydrogen) atoms. The third kappa shape index (κ3) is 4.53. The van der Waals surface area contributed by atoms with Gasteiger partial charge < -0.3 is 15.2 Å². The Morgan fingerprint density at radius 1 is 1.17 bits per heavy atom. The Labute approximate surface area is 140 Å². The zero-order valence-electron chi connectivity index (χ0n) is 13.9. The summed E-state index contributed by atoms with van der Waals surface area (Å²) in [6, 6.07) is 0. The second-order valence-corrected chi connectivity index (χ2v) is 6.47. The van der Waals surface area contributed by atoms with E-state index in [2.05, 4.69) is 4.74 Å². The highest BCUT2D eigenvalue weighted by Gasteiger charge is 2.37. The van der Waals surface area contributed by atoms with Crippen molar-refractivity contribution >= 4 is 23.8 Å². The standard InChI is InChI=1S/C16H24N2O6/c1-10-6-13(19)18(15(10)21)8-11-2-4-12(5-3-11)16(22)24-9-23-14(20)7-17/h10-12H,2-9,17H2,1H3. The molecule has 0 aromatic carbocycles. The molecule has 1 unspecified atom stereocenters. The minimum Gasteiger partial charge on any atom is -0.428 e. The topological polar surface area (TPSA) is 116 Å². The van der Waals surface area contributed by atoms with E-state index >= 15 is 0 Å². The van der Waals surface area contributed by atoms with Gasteiger partial charge in [0.2, 0.25) is 18.6 Å². The second-order valence-electron chi connectivity index (χ2n) is 6.47. The van der Waals surface area contributed by atoms with Crippen LogP contribution in [0.25, 0.3) is 0 Å². The monoisotopic (exact) mass is 340 g/mol. The molecule has 2 amide bonds. The summed E-state index contributed by atoms with van der Waals surface area (Å²) in [4.78, 5) is 47.9. The molecule has 0 bridgehead atoms. The van der Waals surface area contributed by atoms with Gasteiger partial charge in [-0.2, -0.15) is 0 Å². The van der Waals surface area contributed by atoms with E-state index in [0.29, 0.717) is 25.8 Å². The molecule has 8 heteroatoms. The Bertz CT molecular complexity index is 513. The van der Waals surface area contributed by atoms with Gasteiger partial charge in [0, 0.05) is 18.9 Å². The Morgan fingerprint density at radius 3 is 2.38 bits per heavy atom. The fraction of sp³-hybridized carbons (Fsp3) is 0.750. The highest BCUT2D eigenvalue weighted by molar-refractivity contribution is 6.03. The number of amides is 2. The van der Waals surface area contributed by atoms with Crippen LogP contribution < -0.4 is 5.73 Å². The Kier molecular flexibility index (Phi) is 6.30. The number of hydrogen-bond acceptors (Lipinski definition) is 7. The fourth-order valence-corrected chi connectivity index (χ4v) is 3.21. The number of likely N-dealkylation sites (tertiary alicyclic amines) is 1. The van der Waals surface area contributed by atoms with Gasteiger partial charge >= 0.3 is 11.9 Å². The second kappa shape index (κ2) is 8.23. The van der Waals surface area contributed by atoms with Crippen LogP contribution in [0.3, 0.4) is 0 Å². The van der Waals surface area contributed by atoms with Gasteiger partial charge in [0.25, 0.3) is 0 Å². The SMILES string of the molecule is CC1CC(=O)N(CC2CCC(C(=O)OCOC(=O)CN)CC2)C1=O. The molecule has 134 valence electrons. The van der Waals surface area contributed by atoms with Crippen molar-refractivity contribution in [3.63, 3.8) is 0 Å². The molecule has 8 nitrogen and oxygen atoms in total. The lowest BCUT2D eigenvalue weighted by Gasteiger charge is -2.29. The van der Waals surface area contributed by atoms with E-state index in [-0.39, 0.29) is 42.1 Å². The first-order valence-electron chi connectivity index (χ1n) is 8.29. The maximum absolute atomic E-state index is 11.9. The van der Waals surface area contributed by atoms with E-state index in [4.69, 9.17) is 10.5 Å². The maximum atomic E-state index is 11.9. The van der Waals surface area contributed by atoms with Crippen molar-refractivity contribution in [3.05, 3.63) is 0 Å². The van der Waals surface area contributed by atoms with Crippen LogP contribution in [0.5, 0.6) is 0 Å². The fourth-order valence-electron chi connectivity index (χ4n) is 3.21. The van der Waals surface area contributed by atoms with E-state index in [1.54, 1.807) is 6.92 Å². The number of nitrogens with zero attached hydrogens (tertiary/aromatic N) is 1. The van der Waals surface area contributed by atoms with Crippen LogP contribution in [-0.4, -0.2) is 48.5 Å². The van der Waals surface area contributed by atoms with Crippen molar-refractivity contribution < 1.29 is 28.7 Å². The summed E-state index contributed by atoms with van der Waals surface area (Å²) < 4.78 is 9.52. The molecule has 2 fully saturated rings. The van der Waals surface area contributed by atoms with Crippen molar-refractivity contribution in [3.8, 4) is 0 Å².